The molecule has 0 bridgehead atoms. The number of methoxy groups -OCH3 is 1. The number of benzene rings is 1. The second-order valence-electron chi connectivity index (χ2n) is 4.54. The fraction of sp³-hybridized carbons (Fsp3) is 0.267. The van der Waals surface area contributed by atoms with Crippen molar-refractivity contribution in [2.24, 2.45) is 10.7 Å². The van der Waals surface area contributed by atoms with Crippen molar-refractivity contribution in [1.29, 1.82) is 0 Å². The van der Waals surface area contributed by atoms with Gasteiger partial charge in [0.15, 0.2) is 0 Å². The highest BCUT2D eigenvalue weighted by atomic mass is 16.6. The first-order valence-corrected chi connectivity index (χ1v) is 6.72. The van der Waals surface area contributed by atoms with Crippen LogP contribution in [-0.2, 0) is 4.74 Å². The molecular formula is C15H17N3O4. The number of hydrogen-bond acceptors (Lipinski definition) is 6. The van der Waals surface area contributed by atoms with Gasteiger partial charge in [-0.05, 0) is 18.2 Å². The number of aliphatic imine (C=N–C) groups is 1. The van der Waals surface area contributed by atoms with Crippen molar-refractivity contribution in [2.75, 3.05) is 20.3 Å². The normalized spacial score (nSPS) is 15.7. The number of para-hydroxylation sites is 1. The third kappa shape index (κ3) is 3.70. The Balaban J connectivity index is 2.25. The smallest absolute Gasteiger partial charge is 0.311 e. The van der Waals surface area contributed by atoms with Crippen LogP contribution < -0.4 is 10.5 Å². The van der Waals surface area contributed by atoms with Gasteiger partial charge in [-0.25, -0.2) is 0 Å². The van der Waals surface area contributed by atoms with Crippen LogP contribution in [0.4, 0.5) is 5.69 Å². The van der Waals surface area contributed by atoms with Gasteiger partial charge in [-0.15, -0.1) is 0 Å². The maximum absolute atomic E-state index is 11.0. The van der Waals surface area contributed by atoms with Crippen molar-refractivity contribution in [2.45, 2.75) is 6.42 Å². The fourth-order valence-electron chi connectivity index (χ4n) is 2.05. The zero-order chi connectivity index (χ0) is 15.9. The highest BCUT2D eigenvalue weighted by Crippen LogP contribution is 2.33. The highest BCUT2D eigenvalue weighted by Gasteiger charge is 2.19. The monoisotopic (exact) mass is 303 g/mol. The summed E-state index contributed by atoms with van der Waals surface area (Å²) in [5.74, 6) is 0.139. The molecule has 1 aliphatic rings. The molecule has 1 aliphatic heterocycles. The molecule has 22 heavy (non-hydrogen) atoms. The number of nitro benzene ring substituents is 1. The van der Waals surface area contributed by atoms with Crippen molar-refractivity contribution in [3.8, 4) is 5.75 Å². The van der Waals surface area contributed by atoms with Crippen LogP contribution in [-0.4, -0.2) is 31.5 Å². The second-order valence-corrected chi connectivity index (χ2v) is 4.54. The summed E-state index contributed by atoms with van der Waals surface area (Å²) in [5, 5.41) is 11.0. The van der Waals surface area contributed by atoms with E-state index in [0.29, 0.717) is 24.5 Å². The molecule has 1 aromatic carbocycles. The maximum Gasteiger partial charge on any atom is 0.311 e. The third-order valence-corrected chi connectivity index (χ3v) is 3.14. The Kier molecular flexibility index (Phi) is 5.26. The molecule has 1 aromatic rings. The molecule has 0 aromatic heterocycles. The van der Waals surface area contributed by atoms with Gasteiger partial charge in [-0.3, -0.25) is 15.1 Å². The van der Waals surface area contributed by atoms with Gasteiger partial charge in [0.1, 0.15) is 0 Å². The Morgan fingerprint density at radius 1 is 1.55 bits per heavy atom. The lowest BCUT2D eigenvalue weighted by atomic mass is 10.1. The summed E-state index contributed by atoms with van der Waals surface area (Å²) in [6.07, 6.45) is 5.82. The molecule has 0 unspecified atom stereocenters. The van der Waals surface area contributed by atoms with E-state index in [0.717, 1.165) is 12.1 Å². The van der Waals surface area contributed by atoms with Gasteiger partial charge < -0.3 is 15.2 Å². The van der Waals surface area contributed by atoms with Crippen molar-refractivity contribution in [3.63, 3.8) is 0 Å². The first-order valence-electron chi connectivity index (χ1n) is 6.72. The predicted molar refractivity (Wildman–Crippen MR) is 83.8 cm³/mol. The van der Waals surface area contributed by atoms with Crippen molar-refractivity contribution < 1.29 is 14.4 Å². The number of allylic oxidation sites excluding steroid dienone is 1. The average molecular weight is 303 g/mol. The van der Waals surface area contributed by atoms with E-state index < -0.39 is 4.92 Å². The number of nitrogens with two attached hydrogens (primary N) is 1. The first-order chi connectivity index (χ1) is 10.6. The molecule has 2 N–H and O–H groups in total. The van der Waals surface area contributed by atoms with E-state index in [1.54, 1.807) is 24.4 Å². The van der Waals surface area contributed by atoms with Gasteiger partial charge in [0.05, 0.1) is 25.2 Å². The zero-order valence-electron chi connectivity index (χ0n) is 12.2. The minimum absolute atomic E-state index is 0.125. The Morgan fingerprint density at radius 2 is 2.36 bits per heavy atom. The molecule has 0 atom stereocenters. The summed E-state index contributed by atoms with van der Waals surface area (Å²) in [6, 6.07) is 4.60. The first kappa shape index (κ1) is 15.7. The van der Waals surface area contributed by atoms with Crippen LogP contribution in [0.1, 0.15) is 12.0 Å². The minimum Gasteiger partial charge on any atom is -0.490 e. The molecule has 0 fully saturated rings. The average Bonchev–Trinajstić information content (AvgIpc) is 2.54. The number of rotatable bonds is 5. The Hall–Kier alpha value is -2.67. The quantitative estimate of drug-likeness (QED) is 0.511. The summed E-state index contributed by atoms with van der Waals surface area (Å²) in [6.45, 7) is 1.21. The van der Waals surface area contributed by atoms with Crippen LogP contribution in [0.15, 0.2) is 41.0 Å². The minimum atomic E-state index is -0.503. The standard InChI is InChI=1S/C15H17N3O4/c1-21-15-12(3-2-4-14(15)18(19)20)13(16)5-8-17-11-6-9-22-10-7-11/h2-6,8H,7,9-10,16H2,1H3/b13-5-,17-8?. The predicted octanol–water partition coefficient (Wildman–Crippen LogP) is 2.28. The van der Waals surface area contributed by atoms with E-state index >= 15 is 0 Å². The lowest BCUT2D eigenvalue weighted by Gasteiger charge is -2.09. The molecule has 0 spiro atoms. The molecule has 0 aliphatic carbocycles. The van der Waals surface area contributed by atoms with Gasteiger partial charge >= 0.3 is 5.69 Å². The summed E-state index contributed by atoms with van der Waals surface area (Å²) in [5.41, 5.74) is 7.59. The van der Waals surface area contributed by atoms with Gasteiger partial charge in [-0.1, -0.05) is 6.07 Å². The molecular weight excluding hydrogens is 286 g/mol. The highest BCUT2D eigenvalue weighted by molar-refractivity contribution is 5.86. The summed E-state index contributed by atoms with van der Waals surface area (Å²) >= 11 is 0. The summed E-state index contributed by atoms with van der Waals surface area (Å²) in [7, 11) is 1.38. The molecule has 116 valence electrons. The number of hydrogen-bond donors (Lipinski definition) is 1. The zero-order valence-corrected chi connectivity index (χ0v) is 12.2. The van der Waals surface area contributed by atoms with Crippen LogP contribution in [0.25, 0.3) is 5.70 Å². The van der Waals surface area contributed by atoms with E-state index in [9.17, 15) is 10.1 Å². The van der Waals surface area contributed by atoms with Crippen LogP contribution in [0, 0.1) is 10.1 Å². The fourth-order valence-corrected chi connectivity index (χ4v) is 2.05. The van der Waals surface area contributed by atoms with Crippen molar-refractivity contribution >= 4 is 17.6 Å². The van der Waals surface area contributed by atoms with E-state index in [4.69, 9.17) is 15.2 Å². The Labute approximate surface area is 127 Å². The molecule has 1 heterocycles. The molecule has 0 saturated heterocycles. The largest absolute Gasteiger partial charge is 0.490 e. The van der Waals surface area contributed by atoms with Crippen molar-refractivity contribution in [1.82, 2.24) is 0 Å². The maximum atomic E-state index is 11.0. The van der Waals surface area contributed by atoms with E-state index in [1.807, 2.05) is 6.08 Å². The molecule has 0 saturated carbocycles. The summed E-state index contributed by atoms with van der Waals surface area (Å²) in [4.78, 5) is 14.8. The number of nitrogens with zero attached hydrogens (tertiary/aromatic N) is 2. The van der Waals surface area contributed by atoms with Gasteiger partial charge in [0, 0.05) is 35.7 Å². The molecule has 2 rings (SSSR count). The van der Waals surface area contributed by atoms with Crippen LogP contribution in [0.5, 0.6) is 5.75 Å². The van der Waals surface area contributed by atoms with Crippen LogP contribution in [0.3, 0.4) is 0 Å². The Morgan fingerprint density at radius 3 is 3.00 bits per heavy atom. The molecule has 0 amide bonds. The van der Waals surface area contributed by atoms with Crippen LogP contribution in [0.2, 0.25) is 0 Å². The Bertz CT molecular complexity index is 650. The number of ether oxygens (including phenoxy) is 2. The third-order valence-electron chi connectivity index (χ3n) is 3.14. The van der Waals surface area contributed by atoms with Crippen molar-refractivity contribution in [3.05, 3.63) is 51.7 Å². The lowest BCUT2D eigenvalue weighted by Crippen LogP contribution is -2.04. The molecule has 7 heteroatoms. The van der Waals surface area contributed by atoms with E-state index in [-0.39, 0.29) is 11.4 Å². The molecule has 0 radical (unpaired) electrons. The van der Waals surface area contributed by atoms with Gasteiger partial charge in [-0.2, -0.15) is 0 Å². The summed E-state index contributed by atoms with van der Waals surface area (Å²) < 4.78 is 10.3. The number of nitro groups is 1. The second kappa shape index (κ2) is 7.37. The van der Waals surface area contributed by atoms with Gasteiger partial charge in [0.2, 0.25) is 5.75 Å². The van der Waals surface area contributed by atoms with E-state index in [2.05, 4.69) is 4.99 Å². The lowest BCUT2D eigenvalue weighted by molar-refractivity contribution is -0.385. The van der Waals surface area contributed by atoms with Crippen LogP contribution >= 0.6 is 0 Å². The SMILES string of the molecule is COc1c(/C(N)=C/C=NC2=CCOCC2)cccc1[N+](=O)[O-]. The topological polar surface area (TPSA) is 100.0 Å². The van der Waals surface area contributed by atoms with E-state index in [1.165, 1.54) is 13.2 Å². The van der Waals surface area contributed by atoms with Gasteiger partial charge in [0.25, 0.3) is 0 Å². The molecule has 7 nitrogen and oxygen atoms in total.